The summed E-state index contributed by atoms with van der Waals surface area (Å²) in [5.41, 5.74) is 2.49. The van der Waals surface area contributed by atoms with Crippen molar-refractivity contribution < 1.29 is 37.1 Å². The largest absolute Gasteiger partial charge is 0.457 e. The van der Waals surface area contributed by atoms with Crippen LogP contribution in [0.15, 0.2) is 109 Å². The Hall–Kier alpha value is -5.65. The quantitative estimate of drug-likeness (QED) is 0.207. The molecule has 4 N–H and O–H groups in total. The number of alkyl halides is 3. The van der Waals surface area contributed by atoms with Crippen molar-refractivity contribution >= 4 is 23.6 Å². The van der Waals surface area contributed by atoms with Gasteiger partial charge in [0.2, 0.25) is 17.7 Å². The zero-order chi connectivity index (χ0) is 35.5. The van der Waals surface area contributed by atoms with Crippen LogP contribution in [0.5, 0.6) is 11.5 Å². The molecule has 0 saturated carbocycles. The van der Waals surface area contributed by atoms with Gasteiger partial charge in [-0.05, 0) is 65.9 Å². The molecular weight excluding hydrogens is 649 g/mol. The lowest BCUT2D eigenvalue weighted by Crippen LogP contribution is -2.57. The Balaban J connectivity index is 1.49. The van der Waals surface area contributed by atoms with Gasteiger partial charge in [0.1, 0.15) is 29.6 Å². The lowest BCUT2D eigenvalue weighted by atomic mass is 10.0. The molecule has 1 aliphatic heterocycles. The first kappa shape index (κ1) is 35.7. The molecule has 12 heteroatoms. The molecule has 50 heavy (non-hydrogen) atoms. The van der Waals surface area contributed by atoms with E-state index in [0.717, 1.165) is 5.56 Å². The second-order valence-corrected chi connectivity index (χ2v) is 12.0. The third kappa shape index (κ3) is 10.7. The van der Waals surface area contributed by atoms with E-state index in [9.17, 15) is 32.3 Å². The van der Waals surface area contributed by atoms with Gasteiger partial charge in [-0.25, -0.2) is 0 Å². The van der Waals surface area contributed by atoms with Crippen LogP contribution in [0, 0.1) is 0 Å². The number of carbonyl (C=O) groups is 4. The van der Waals surface area contributed by atoms with Gasteiger partial charge in [0.05, 0.1) is 6.42 Å². The first-order valence-electron chi connectivity index (χ1n) is 16.2. The van der Waals surface area contributed by atoms with E-state index in [4.69, 9.17) is 4.74 Å². The van der Waals surface area contributed by atoms with Gasteiger partial charge < -0.3 is 26.0 Å². The minimum absolute atomic E-state index is 0.0545. The molecule has 1 aliphatic rings. The second-order valence-electron chi connectivity index (χ2n) is 12.0. The normalized spacial score (nSPS) is 18.2. The van der Waals surface area contributed by atoms with Gasteiger partial charge in [-0.2, -0.15) is 13.2 Å². The van der Waals surface area contributed by atoms with Crippen LogP contribution in [-0.2, 0) is 33.6 Å². The average molecular weight is 687 g/mol. The first-order chi connectivity index (χ1) is 24.0. The van der Waals surface area contributed by atoms with Crippen molar-refractivity contribution in [1.82, 2.24) is 21.3 Å². The average Bonchev–Trinajstić information content (AvgIpc) is 3.09. The Kier molecular flexibility index (Phi) is 11.9. The molecule has 9 nitrogen and oxygen atoms in total. The second kappa shape index (κ2) is 16.6. The summed E-state index contributed by atoms with van der Waals surface area (Å²) in [4.78, 5) is 54.5. The van der Waals surface area contributed by atoms with Crippen LogP contribution in [0.2, 0.25) is 0 Å². The topological polar surface area (TPSA) is 126 Å². The summed E-state index contributed by atoms with van der Waals surface area (Å²) in [5, 5.41) is 10.5. The molecule has 0 saturated heterocycles. The van der Waals surface area contributed by atoms with E-state index in [2.05, 4.69) is 21.3 Å². The maximum atomic E-state index is 14.0. The van der Waals surface area contributed by atoms with Gasteiger partial charge in [-0.3, -0.25) is 19.2 Å². The predicted molar refractivity (Wildman–Crippen MR) is 180 cm³/mol. The van der Waals surface area contributed by atoms with E-state index in [1.165, 1.54) is 0 Å². The molecule has 0 unspecified atom stereocenters. The van der Waals surface area contributed by atoms with E-state index in [1.807, 2.05) is 30.3 Å². The van der Waals surface area contributed by atoms with Crippen LogP contribution in [0.4, 0.5) is 13.2 Å². The summed E-state index contributed by atoms with van der Waals surface area (Å²) in [6.45, 7) is -0.675. The number of halogens is 3. The standard InChI is InChI=1S/C38H37F3N4O5/c39-38(40,41)19-20-42-35(47)32-23-26-11-7-15-29(21-26)50-30-16-8-12-27(22-30)24-33(44-34(46)28-13-5-2-6-14-28)37(49)43-31(36(48)45-32)18-17-25-9-3-1-4-10-25/h1-16,21-22,31-33H,17-20,23-24H2,(H,42,47)(H,43,49)(H,44,46)(H,45,48)/t31-,32-,33-/m0/s1. The van der Waals surface area contributed by atoms with Gasteiger partial charge in [-0.1, -0.05) is 72.8 Å². The van der Waals surface area contributed by atoms with Crippen LogP contribution in [0.25, 0.3) is 0 Å². The van der Waals surface area contributed by atoms with Crippen molar-refractivity contribution in [2.24, 2.45) is 0 Å². The van der Waals surface area contributed by atoms with Crippen molar-refractivity contribution in [3.63, 3.8) is 0 Å². The number of fused-ring (bicyclic) bond motifs is 4. The monoisotopic (exact) mass is 686 g/mol. The summed E-state index contributed by atoms with van der Waals surface area (Å²) in [6.07, 6.45) is -5.24. The van der Waals surface area contributed by atoms with Crippen LogP contribution in [0.1, 0.15) is 39.9 Å². The van der Waals surface area contributed by atoms with Crippen molar-refractivity contribution in [2.45, 2.75) is 56.4 Å². The number of aryl methyl sites for hydroxylation is 1. The number of hydrogen-bond donors (Lipinski definition) is 4. The Morgan fingerprint density at radius 2 is 1.38 bits per heavy atom. The number of carbonyl (C=O) groups excluding carboxylic acids is 4. The van der Waals surface area contributed by atoms with Crippen molar-refractivity contribution in [3.8, 4) is 11.5 Å². The highest BCUT2D eigenvalue weighted by molar-refractivity contribution is 5.99. The maximum Gasteiger partial charge on any atom is 0.390 e. The molecule has 0 spiro atoms. The molecule has 0 fully saturated rings. The molecule has 0 radical (unpaired) electrons. The van der Waals surface area contributed by atoms with Gasteiger partial charge >= 0.3 is 6.18 Å². The van der Waals surface area contributed by atoms with Crippen molar-refractivity contribution in [1.29, 1.82) is 0 Å². The van der Waals surface area contributed by atoms with Crippen molar-refractivity contribution in [2.75, 3.05) is 6.54 Å². The van der Waals surface area contributed by atoms with Crippen LogP contribution in [-0.4, -0.2) is 54.5 Å². The number of nitrogens with one attached hydrogen (secondary N) is 4. The highest BCUT2D eigenvalue weighted by Crippen LogP contribution is 2.25. The molecule has 4 aromatic carbocycles. The van der Waals surface area contributed by atoms with Gasteiger partial charge in [0.15, 0.2) is 0 Å². The Bertz CT molecular complexity index is 1790. The molecule has 0 aromatic heterocycles. The molecule has 260 valence electrons. The SMILES string of the molecule is O=C(N[C@H]1Cc2cccc(c2)Oc2cccc(c2)C[C@@H](C(=O)NCCC(F)(F)F)NC(=O)[C@H](CCc2ccccc2)NC1=O)c1ccccc1. The fourth-order valence-corrected chi connectivity index (χ4v) is 5.55. The van der Waals surface area contributed by atoms with E-state index in [1.54, 1.807) is 78.9 Å². The number of hydrogen-bond acceptors (Lipinski definition) is 5. The van der Waals surface area contributed by atoms with E-state index >= 15 is 0 Å². The minimum Gasteiger partial charge on any atom is -0.457 e. The highest BCUT2D eigenvalue weighted by Gasteiger charge is 2.32. The van der Waals surface area contributed by atoms with Gasteiger partial charge in [0.25, 0.3) is 5.91 Å². The van der Waals surface area contributed by atoms with E-state index < -0.39 is 60.9 Å². The van der Waals surface area contributed by atoms with E-state index in [0.29, 0.717) is 34.6 Å². The predicted octanol–water partition coefficient (Wildman–Crippen LogP) is 5.05. The smallest absolute Gasteiger partial charge is 0.390 e. The summed E-state index contributed by atoms with van der Waals surface area (Å²) in [5.74, 6) is -1.79. The first-order valence-corrected chi connectivity index (χ1v) is 16.2. The molecule has 5 rings (SSSR count). The van der Waals surface area contributed by atoms with E-state index in [-0.39, 0.29) is 19.3 Å². The maximum absolute atomic E-state index is 14.0. The Morgan fingerprint density at radius 1 is 0.760 bits per heavy atom. The van der Waals surface area contributed by atoms with Crippen molar-refractivity contribution in [3.05, 3.63) is 131 Å². The molecule has 4 bridgehead atoms. The third-order valence-electron chi connectivity index (χ3n) is 8.11. The Morgan fingerprint density at radius 3 is 2.02 bits per heavy atom. The zero-order valence-corrected chi connectivity index (χ0v) is 27.0. The summed E-state index contributed by atoms with van der Waals surface area (Å²) < 4.78 is 44.7. The van der Waals surface area contributed by atoms with Gasteiger partial charge in [0, 0.05) is 24.9 Å². The third-order valence-corrected chi connectivity index (χ3v) is 8.11. The molecular formula is C38H37F3N4O5. The number of ether oxygens (including phenoxy) is 1. The molecule has 1 heterocycles. The fraction of sp³-hybridized carbons (Fsp3) is 0.263. The summed E-state index contributed by atoms with van der Waals surface area (Å²) in [6, 6.07) is 27.9. The number of benzene rings is 4. The summed E-state index contributed by atoms with van der Waals surface area (Å²) in [7, 11) is 0. The molecule has 0 aliphatic carbocycles. The lowest BCUT2D eigenvalue weighted by Gasteiger charge is -2.26. The zero-order valence-electron chi connectivity index (χ0n) is 27.0. The van der Waals surface area contributed by atoms with Crippen LogP contribution < -0.4 is 26.0 Å². The lowest BCUT2D eigenvalue weighted by molar-refractivity contribution is -0.137. The fourth-order valence-electron chi connectivity index (χ4n) is 5.55. The Labute approximate surface area is 287 Å². The number of amides is 4. The number of rotatable bonds is 8. The molecule has 3 atom stereocenters. The summed E-state index contributed by atoms with van der Waals surface area (Å²) >= 11 is 0. The molecule has 4 aromatic rings. The van der Waals surface area contributed by atoms with Crippen LogP contribution in [0.3, 0.4) is 0 Å². The minimum atomic E-state index is -4.49. The molecule has 4 amide bonds. The highest BCUT2D eigenvalue weighted by atomic mass is 19.4. The van der Waals surface area contributed by atoms with Crippen LogP contribution >= 0.6 is 0 Å². The van der Waals surface area contributed by atoms with Gasteiger partial charge in [-0.15, -0.1) is 0 Å².